The molecule has 1 atom stereocenters. The maximum Gasteiger partial charge on any atom is 0.412 e. The third kappa shape index (κ3) is 9.42. The summed E-state index contributed by atoms with van der Waals surface area (Å²) in [6, 6.07) is 24.4. The summed E-state index contributed by atoms with van der Waals surface area (Å²) in [4.78, 5) is 47.4. The van der Waals surface area contributed by atoms with Gasteiger partial charge < -0.3 is 24.3 Å². The highest BCUT2D eigenvalue weighted by molar-refractivity contribution is 5.87. The van der Waals surface area contributed by atoms with Crippen LogP contribution in [0.5, 0.6) is 11.5 Å². The summed E-state index contributed by atoms with van der Waals surface area (Å²) in [5.41, 5.74) is 2.92. The number of nitrogens with one attached hydrogen (secondary N) is 1. The summed E-state index contributed by atoms with van der Waals surface area (Å²) in [5, 5.41) is 2.54. The van der Waals surface area contributed by atoms with Gasteiger partial charge in [-0.15, -0.1) is 0 Å². The van der Waals surface area contributed by atoms with Crippen LogP contribution < -0.4 is 14.8 Å². The molecule has 0 spiro atoms. The Morgan fingerprint density at radius 1 is 0.682 bits per heavy atom. The average Bonchev–Trinajstić information content (AvgIpc) is 3.01. The molecule has 0 aromatic heterocycles. The minimum absolute atomic E-state index is 0.000117. The third-order valence-corrected chi connectivity index (χ3v) is 6.72. The zero-order valence-corrected chi connectivity index (χ0v) is 25.2. The van der Waals surface area contributed by atoms with Crippen LogP contribution in [-0.2, 0) is 29.3 Å². The standard InChI is InChI=1S/C35H37NO8/c1-24(2)32(38)41-22-9-12-31(37)43-29-17-13-27(14-18-29)35(5,26-10-7-6-8-11-26)28-15-19-30(20-16-28)44-34(40)36-21-23-42-33(39)25(3)4/h6-8,10-11,13-20H,1,3,9,12,21-23H2,2,4-5H3,(H,36,40). The predicted molar refractivity (Wildman–Crippen MR) is 165 cm³/mol. The molecule has 1 unspecified atom stereocenters. The molecule has 9 nitrogen and oxygen atoms in total. The van der Waals surface area contributed by atoms with Crippen LogP contribution in [0.25, 0.3) is 0 Å². The van der Waals surface area contributed by atoms with Crippen LogP contribution in [0.4, 0.5) is 4.79 Å². The zero-order chi connectivity index (χ0) is 32.1. The number of hydrogen-bond donors (Lipinski definition) is 1. The molecule has 1 N–H and O–H groups in total. The first-order valence-corrected chi connectivity index (χ1v) is 14.1. The second-order valence-electron chi connectivity index (χ2n) is 10.3. The van der Waals surface area contributed by atoms with Crippen molar-refractivity contribution in [1.29, 1.82) is 0 Å². The number of carbonyl (C=O) groups excluding carboxylic acids is 4. The molecule has 3 aromatic rings. The van der Waals surface area contributed by atoms with Gasteiger partial charge in [-0.2, -0.15) is 0 Å². The second-order valence-corrected chi connectivity index (χ2v) is 10.3. The Hall–Kier alpha value is -5.18. The van der Waals surface area contributed by atoms with Gasteiger partial charge in [-0.3, -0.25) is 4.79 Å². The molecule has 0 fully saturated rings. The molecule has 9 heteroatoms. The first-order chi connectivity index (χ1) is 21.0. The number of amides is 1. The topological polar surface area (TPSA) is 117 Å². The Bertz CT molecular complexity index is 1390. The zero-order valence-electron chi connectivity index (χ0n) is 25.2. The molecule has 0 heterocycles. The van der Waals surface area contributed by atoms with Crippen LogP contribution in [0.1, 0.15) is 50.3 Å². The van der Waals surface area contributed by atoms with E-state index in [1.54, 1.807) is 38.1 Å². The monoisotopic (exact) mass is 599 g/mol. The largest absolute Gasteiger partial charge is 0.462 e. The van der Waals surface area contributed by atoms with Crippen LogP contribution in [0.2, 0.25) is 0 Å². The van der Waals surface area contributed by atoms with Crippen molar-refractivity contribution < 1.29 is 38.1 Å². The Kier molecular flexibility index (Phi) is 12.0. The molecular weight excluding hydrogens is 562 g/mol. The number of carbonyl (C=O) groups is 4. The van der Waals surface area contributed by atoms with E-state index < -0.39 is 29.4 Å². The Labute approximate surface area is 257 Å². The number of ether oxygens (including phenoxy) is 4. The third-order valence-electron chi connectivity index (χ3n) is 6.72. The lowest BCUT2D eigenvalue weighted by atomic mass is 9.71. The molecule has 3 rings (SSSR count). The van der Waals surface area contributed by atoms with Crippen molar-refractivity contribution in [2.24, 2.45) is 0 Å². The number of rotatable bonds is 14. The first kappa shape index (κ1) is 33.3. The number of esters is 3. The van der Waals surface area contributed by atoms with E-state index in [1.807, 2.05) is 54.6 Å². The highest BCUT2D eigenvalue weighted by atomic mass is 16.6. The molecule has 1 amide bonds. The normalized spacial score (nSPS) is 11.8. The molecule has 0 saturated carbocycles. The number of hydrogen-bond acceptors (Lipinski definition) is 8. The Morgan fingerprint density at radius 2 is 1.16 bits per heavy atom. The Morgan fingerprint density at radius 3 is 1.68 bits per heavy atom. The van der Waals surface area contributed by atoms with Crippen molar-refractivity contribution in [2.45, 2.75) is 39.0 Å². The molecule has 0 radical (unpaired) electrons. The fourth-order valence-electron chi connectivity index (χ4n) is 4.23. The molecule has 230 valence electrons. The average molecular weight is 600 g/mol. The fraction of sp³-hybridized carbons (Fsp3) is 0.257. The lowest BCUT2D eigenvalue weighted by Crippen LogP contribution is -2.30. The van der Waals surface area contributed by atoms with Gasteiger partial charge in [-0.25, -0.2) is 14.4 Å². The van der Waals surface area contributed by atoms with Crippen molar-refractivity contribution in [1.82, 2.24) is 5.32 Å². The van der Waals surface area contributed by atoms with Crippen molar-refractivity contribution in [3.05, 3.63) is 120 Å². The van der Waals surface area contributed by atoms with E-state index in [0.717, 1.165) is 16.7 Å². The SMILES string of the molecule is C=C(C)C(=O)OCCCC(=O)Oc1ccc(C(C)(c2ccccc2)c2ccc(OC(=O)NCCOC(=O)C(=C)C)cc2)cc1. The maximum absolute atomic E-state index is 12.3. The van der Waals surface area contributed by atoms with E-state index in [-0.39, 0.29) is 31.8 Å². The van der Waals surface area contributed by atoms with E-state index in [1.165, 1.54) is 0 Å². The van der Waals surface area contributed by atoms with Gasteiger partial charge in [0.05, 0.1) is 13.2 Å². The van der Waals surface area contributed by atoms with Crippen molar-refractivity contribution in [3.8, 4) is 11.5 Å². The van der Waals surface area contributed by atoms with Crippen LogP contribution in [0.3, 0.4) is 0 Å². The molecule has 44 heavy (non-hydrogen) atoms. The van der Waals surface area contributed by atoms with Crippen molar-refractivity contribution >= 4 is 24.0 Å². The molecule has 3 aromatic carbocycles. The maximum atomic E-state index is 12.3. The molecule has 0 aliphatic carbocycles. The predicted octanol–water partition coefficient (Wildman–Crippen LogP) is 6.05. The smallest absolute Gasteiger partial charge is 0.412 e. The van der Waals surface area contributed by atoms with Gasteiger partial charge in [0.15, 0.2) is 0 Å². The summed E-state index contributed by atoms with van der Waals surface area (Å²) in [7, 11) is 0. The van der Waals surface area contributed by atoms with Gasteiger partial charge >= 0.3 is 24.0 Å². The van der Waals surface area contributed by atoms with Gasteiger partial charge in [0.1, 0.15) is 18.1 Å². The molecule has 0 aliphatic rings. The summed E-state index contributed by atoms with van der Waals surface area (Å²) in [5.74, 6) is -0.695. The molecule has 0 saturated heterocycles. The van der Waals surface area contributed by atoms with E-state index in [4.69, 9.17) is 18.9 Å². The Balaban J connectivity index is 1.66. The van der Waals surface area contributed by atoms with Crippen molar-refractivity contribution in [3.63, 3.8) is 0 Å². The van der Waals surface area contributed by atoms with Gasteiger partial charge in [-0.1, -0.05) is 67.8 Å². The van der Waals surface area contributed by atoms with Gasteiger partial charge in [0.25, 0.3) is 0 Å². The minimum Gasteiger partial charge on any atom is -0.462 e. The second kappa shape index (κ2) is 15.9. The van der Waals surface area contributed by atoms with E-state index in [9.17, 15) is 19.2 Å². The van der Waals surface area contributed by atoms with E-state index in [2.05, 4.69) is 25.4 Å². The van der Waals surface area contributed by atoms with Crippen LogP contribution in [0.15, 0.2) is 103 Å². The lowest BCUT2D eigenvalue weighted by Gasteiger charge is -2.32. The van der Waals surface area contributed by atoms with Crippen molar-refractivity contribution in [2.75, 3.05) is 19.8 Å². The highest BCUT2D eigenvalue weighted by Crippen LogP contribution is 2.40. The van der Waals surface area contributed by atoms with Gasteiger partial charge in [-0.05, 0) is 68.1 Å². The summed E-state index contributed by atoms with van der Waals surface area (Å²) >= 11 is 0. The van der Waals surface area contributed by atoms with Crippen LogP contribution >= 0.6 is 0 Å². The molecular formula is C35H37NO8. The van der Waals surface area contributed by atoms with E-state index >= 15 is 0 Å². The first-order valence-electron chi connectivity index (χ1n) is 14.1. The lowest BCUT2D eigenvalue weighted by molar-refractivity contribution is -0.141. The molecule has 0 bridgehead atoms. The number of benzene rings is 3. The summed E-state index contributed by atoms with van der Waals surface area (Å²) in [6.07, 6.45) is -0.233. The van der Waals surface area contributed by atoms with E-state index in [0.29, 0.717) is 23.5 Å². The minimum atomic E-state index is -0.673. The quantitative estimate of drug-likeness (QED) is 0.0782. The highest BCUT2D eigenvalue weighted by Gasteiger charge is 2.31. The fourth-order valence-corrected chi connectivity index (χ4v) is 4.23. The van der Waals surface area contributed by atoms with Gasteiger partial charge in [0, 0.05) is 23.0 Å². The van der Waals surface area contributed by atoms with Crippen LogP contribution in [0, 0.1) is 0 Å². The van der Waals surface area contributed by atoms with Crippen LogP contribution in [-0.4, -0.2) is 43.8 Å². The van der Waals surface area contributed by atoms with Gasteiger partial charge in [0.2, 0.25) is 0 Å². The molecule has 0 aliphatic heterocycles. The summed E-state index contributed by atoms with van der Waals surface area (Å²) in [6.45, 7) is 12.4. The summed E-state index contributed by atoms with van der Waals surface area (Å²) < 4.78 is 20.8.